The van der Waals surface area contributed by atoms with E-state index < -0.39 is 6.68 Å². The monoisotopic (exact) mass is 387 g/mol. The van der Waals surface area contributed by atoms with Gasteiger partial charge in [-0.15, -0.1) is 0 Å². The number of alkyl halides is 3. The molecule has 2 heterocycles. The van der Waals surface area contributed by atoms with E-state index in [1.807, 2.05) is 0 Å². The van der Waals surface area contributed by atoms with Crippen LogP contribution in [0, 0.1) is 6.92 Å². The first-order chi connectivity index (χ1) is 12.9. The maximum absolute atomic E-state index is 9.67. The molecule has 0 aliphatic rings. The second kappa shape index (κ2) is 16.3. The molecule has 2 aromatic heterocycles. The van der Waals surface area contributed by atoms with Gasteiger partial charge in [-0.3, -0.25) is 0 Å². The third kappa shape index (κ3) is 16.1. The van der Waals surface area contributed by atoms with Crippen molar-refractivity contribution in [3.05, 3.63) is 48.8 Å². The van der Waals surface area contributed by atoms with Crippen molar-refractivity contribution >= 4 is 0 Å². The van der Waals surface area contributed by atoms with Crippen LogP contribution >= 0.6 is 0 Å². The second-order valence-corrected chi connectivity index (χ2v) is 6.60. The van der Waals surface area contributed by atoms with Crippen LogP contribution in [-0.4, -0.2) is 11.2 Å². The summed E-state index contributed by atoms with van der Waals surface area (Å²) in [6.45, 7) is 5.24. The number of pyridine rings is 1. The highest BCUT2D eigenvalue weighted by Crippen LogP contribution is 2.00. The van der Waals surface area contributed by atoms with Gasteiger partial charge in [0.2, 0.25) is 6.33 Å². The van der Waals surface area contributed by atoms with Crippen LogP contribution in [0.1, 0.15) is 57.9 Å². The molecule has 2 rings (SSSR count). The van der Waals surface area contributed by atoms with E-state index in [1.165, 1.54) is 50.6 Å². The van der Waals surface area contributed by atoms with E-state index in [-0.39, 0.29) is 0 Å². The lowest BCUT2D eigenvalue weighted by Gasteiger charge is -1.95. The van der Waals surface area contributed by atoms with Crippen molar-refractivity contribution in [1.82, 2.24) is 4.57 Å². The summed E-state index contributed by atoms with van der Waals surface area (Å²) < 4.78 is 35.6. The third-order valence-electron chi connectivity index (χ3n) is 3.87. The minimum atomic E-state index is -3.67. The van der Waals surface area contributed by atoms with E-state index in [4.69, 9.17) is 0 Å². The van der Waals surface area contributed by atoms with E-state index in [2.05, 4.69) is 84.8 Å². The van der Waals surface area contributed by atoms with Crippen LogP contribution < -0.4 is 9.13 Å². The Morgan fingerprint density at radius 1 is 1.00 bits per heavy atom. The fourth-order valence-electron chi connectivity index (χ4n) is 2.49. The van der Waals surface area contributed by atoms with Crippen molar-refractivity contribution in [3.8, 4) is 0 Å². The minimum Gasteiger partial charge on any atom is -0.240 e. The van der Waals surface area contributed by atoms with Crippen LogP contribution in [0.3, 0.4) is 0 Å². The number of unbranched alkanes of at least 4 members (excludes halogenated alkanes) is 4. The zero-order chi connectivity index (χ0) is 20.5. The lowest BCUT2D eigenvalue weighted by atomic mass is 10.2. The molecule has 154 valence electrons. The molecule has 0 fully saturated rings. The Hall–Kier alpha value is -1.85. The predicted octanol–water partition coefficient (Wildman–Crippen LogP) is 5.15. The van der Waals surface area contributed by atoms with Crippen LogP contribution in [0.25, 0.3) is 0 Å². The van der Waals surface area contributed by atoms with Crippen molar-refractivity contribution in [2.45, 2.75) is 79.1 Å². The van der Waals surface area contributed by atoms with Crippen LogP contribution in [-0.2, 0) is 20.1 Å². The highest BCUT2D eigenvalue weighted by atomic mass is 19.4. The van der Waals surface area contributed by atoms with Crippen molar-refractivity contribution in [3.63, 3.8) is 0 Å². The molecule has 0 radical (unpaired) electrons. The Balaban J connectivity index is 0.000000421. The van der Waals surface area contributed by atoms with Gasteiger partial charge in [0, 0.05) is 18.1 Å². The van der Waals surface area contributed by atoms with Crippen molar-refractivity contribution in [2.75, 3.05) is 0 Å². The maximum Gasteiger partial charge on any atom is 0.379 e. The molecule has 0 unspecified atom stereocenters. The number of halogens is 3. The molecule has 2 aromatic rings. The molecule has 6 heteroatoms. The third-order valence-corrected chi connectivity index (χ3v) is 3.87. The standard InChI is InChI=1S/C10H19N2.C10H16N.CHF3/c1-3-4-5-6-7-12-9-8-11(2)10-12;1-3-4-7-11-8-5-6-10(2)9-11;2-1(3)4/h8-10H,3-7H2,1-2H3;5-6,8-9H,3-4,7H2,1-2H3;1H/q2*+1;. The lowest BCUT2D eigenvalue weighted by Crippen LogP contribution is -2.32. The highest BCUT2D eigenvalue weighted by Gasteiger charge is 1.98. The molecule has 0 atom stereocenters. The van der Waals surface area contributed by atoms with Crippen LogP contribution in [0.2, 0.25) is 0 Å². The number of aryl methyl sites for hydroxylation is 4. The molecule has 3 nitrogen and oxygen atoms in total. The number of aromatic nitrogens is 3. The highest BCUT2D eigenvalue weighted by molar-refractivity contribution is 5.01. The molecule has 0 amide bonds. The van der Waals surface area contributed by atoms with Crippen LogP contribution in [0.15, 0.2) is 43.2 Å². The predicted molar refractivity (Wildman–Crippen MR) is 103 cm³/mol. The van der Waals surface area contributed by atoms with E-state index in [0.29, 0.717) is 0 Å². The molecular weight excluding hydrogens is 351 g/mol. The molecular formula is C21H36F3N3+2. The van der Waals surface area contributed by atoms with E-state index in [1.54, 1.807) is 0 Å². The smallest absolute Gasteiger partial charge is 0.240 e. The fourth-order valence-corrected chi connectivity index (χ4v) is 2.49. The van der Waals surface area contributed by atoms with Gasteiger partial charge in [0.1, 0.15) is 18.9 Å². The van der Waals surface area contributed by atoms with Crippen molar-refractivity contribution in [1.29, 1.82) is 0 Å². The largest absolute Gasteiger partial charge is 0.379 e. The number of hydrogen-bond acceptors (Lipinski definition) is 0. The lowest BCUT2D eigenvalue weighted by molar-refractivity contribution is -0.697. The normalized spacial score (nSPS) is 10.1. The van der Waals surface area contributed by atoms with E-state index in [0.717, 1.165) is 6.54 Å². The zero-order valence-corrected chi connectivity index (χ0v) is 17.3. The molecule has 27 heavy (non-hydrogen) atoms. The minimum absolute atomic E-state index is 1.15. The van der Waals surface area contributed by atoms with Gasteiger partial charge in [-0.05, 0) is 25.8 Å². The Morgan fingerprint density at radius 2 is 1.67 bits per heavy atom. The summed E-state index contributed by atoms with van der Waals surface area (Å²) in [7, 11) is 2.06. The SMILES string of the molecule is CCCCCCn1cc[n+](C)c1.CCCC[n+]1cccc(C)c1.FC(F)F. The average Bonchev–Trinajstić information content (AvgIpc) is 3.02. The topological polar surface area (TPSA) is 12.7 Å². The van der Waals surface area contributed by atoms with Gasteiger partial charge >= 0.3 is 6.68 Å². The summed E-state index contributed by atoms with van der Waals surface area (Å²) in [6, 6.07) is 4.23. The summed E-state index contributed by atoms with van der Waals surface area (Å²) >= 11 is 0. The van der Waals surface area contributed by atoms with Crippen molar-refractivity contribution in [2.24, 2.45) is 7.05 Å². The van der Waals surface area contributed by atoms with Gasteiger partial charge in [0.25, 0.3) is 0 Å². The Bertz CT molecular complexity index is 583. The van der Waals surface area contributed by atoms with Crippen molar-refractivity contribution < 1.29 is 22.3 Å². The number of rotatable bonds is 8. The molecule has 0 aliphatic heterocycles. The second-order valence-electron chi connectivity index (χ2n) is 6.60. The summed E-state index contributed by atoms with van der Waals surface area (Å²) in [5, 5.41) is 0. The van der Waals surface area contributed by atoms with Gasteiger partial charge in [-0.1, -0.05) is 33.1 Å². The van der Waals surface area contributed by atoms with Crippen LogP contribution in [0.5, 0.6) is 0 Å². The molecule has 0 N–H and O–H groups in total. The Kier molecular flexibility index (Phi) is 15.2. The summed E-state index contributed by atoms with van der Waals surface area (Å²) in [6.07, 6.45) is 18.6. The molecule has 0 bridgehead atoms. The van der Waals surface area contributed by atoms with Crippen LogP contribution in [0.4, 0.5) is 13.2 Å². The Morgan fingerprint density at radius 3 is 2.19 bits per heavy atom. The molecule has 0 saturated carbocycles. The van der Waals surface area contributed by atoms with Gasteiger partial charge < -0.3 is 0 Å². The quantitative estimate of drug-likeness (QED) is 0.439. The average molecular weight is 388 g/mol. The zero-order valence-electron chi connectivity index (χ0n) is 17.3. The Labute approximate surface area is 162 Å². The molecule has 0 aromatic carbocycles. The van der Waals surface area contributed by atoms with Gasteiger partial charge in [-0.25, -0.2) is 13.7 Å². The first kappa shape index (κ1) is 25.1. The molecule has 0 aliphatic carbocycles. The number of imidazole rings is 1. The maximum atomic E-state index is 9.67. The van der Waals surface area contributed by atoms with E-state index >= 15 is 0 Å². The summed E-state index contributed by atoms with van der Waals surface area (Å²) in [5.74, 6) is 0. The summed E-state index contributed by atoms with van der Waals surface area (Å²) in [4.78, 5) is 0. The first-order valence-corrected chi connectivity index (χ1v) is 9.78. The molecule has 0 spiro atoms. The summed E-state index contributed by atoms with van der Waals surface area (Å²) in [5.41, 5.74) is 1.34. The van der Waals surface area contributed by atoms with E-state index in [9.17, 15) is 13.2 Å². The van der Waals surface area contributed by atoms with Gasteiger partial charge in [0.05, 0.1) is 13.6 Å². The number of nitrogens with zero attached hydrogens (tertiary/aromatic N) is 3. The molecule has 0 saturated heterocycles. The number of hydrogen-bond donors (Lipinski definition) is 0. The van der Waals surface area contributed by atoms with Gasteiger partial charge in [0.15, 0.2) is 12.4 Å². The fraction of sp³-hybridized carbons (Fsp3) is 0.619. The van der Waals surface area contributed by atoms with Gasteiger partial charge in [-0.2, -0.15) is 13.2 Å². The first-order valence-electron chi connectivity index (χ1n) is 9.78.